The van der Waals surface area contributed by atoms with Crippen molar-refractivity contribution in [1.29, 1.82) is 0 Å². The Kier molecular flexibility index (Phi) is 7.00. The highest BCUT2D eigenvalue weighted by atomic mass is 35.5. The Balaban J connectivity index is 2.01. The quantitative estimate of drug-likeness (QED) is 0.547. The summed E-state index contributed by atoms with van der Waals surface area (Å²) in [7, 11) is -3.82. The maximum absolute atomic E-state index is 12.5. The van der Waals surface area contributed by atoms with E-state index in [4.69, 9.17) is 23.2 Å². The number of hydrogen-bond donors (Lipinski definition) is 2. The second-order valence-electron chi connectivity index (χ2n) is 5.99. The predicted octanol–water partition coefficient (Wildman–Crippen LogP) is 3.35. The fourth-order valence-electron chi connectivity index (χ4n) is 2.66. The molecule has 0 spiro atoms. The summed E-state index contributed by atoms with van der Waals surface area (Å²) in [5.41, 5.74) is 4.97. The van der Waals surface area contributed by atoms with Crippen molar-refractivity contribution in [2.45, 2.75) is 25.7 Å². The molecule has 0 saturated heterocycles. The molecular formula is C18H19Cl2N3O3S. The van der Waals surface area contributed by atoms with Crippen molar-refractivity contribution in [3.05, 3.63) is 62.6 Å². The summed E-state index contributed by atoms with van der Waals surface area (Å²) in [6.45, 7) is 4.87. The van der Waals surface area contributed by atoms with Gasteiger partial charge in [0.05, 0.1) is 27.7 Å². The number of sulfonamides is 1. The highest BCUT2D eigenvalue weighted by Gasteiger charge is 2.20. The Labute approximate surface area is 168 Å². The lowest BCUT2D eigenvalue weighted by atomic mass is 10.1. The summed E-state index contributed by atoms with van der Waals surface area (Å²) < 4.78 is 27.3. The van der Waals surface area contributed by atoms with Gasteiger partial charge in [-0.3, -0.25) is 4.79 Å². The monoisotopic (exact) mass is 427 g/mol. The summed E-state index contributed by atoms with van der Waals surface area (Å²) in [5, 5.41) is 4.43. The van der Waals surface area contributed by atoms with Gasteiger partial charge in [0, 0.05) is 5.56 Å². The van der Waals surface area contributed by atoms with Crippen LogP contribution >= 0.6 is 23.2 Å². The highest BCUT2D eigenvalue weighted by Crippen LogP contribution is 2.24. The fraction of sp³-hybridized carbons (Fsp3) is 0.222. The van der Waals surface area contributed by atoms with Crippen molar-refractivity contribution in [2.24, 2.45) is 5.10 Å². The molecule has 0 fully saturated rings. The van der Waals surface area contributed by atoms with Gasteiger partial charge in [-0.1, -0.05) is 53.0 Å². The van der Waals surface area contributed by atoms with E-state index in [0.29, 0.717) is 26.7 Å². The lowest BCUT2D eigenvalue weighted by Crippen LogP contribution is -2.35. The molecule has 2 rings (SSSR count). The normalized spacial score (nSPS) is 11.7. The van der Waals surface area contributed by atoms with E-state index in [0.717, 1.165) is 5.56 Å². The van der Waals surface area contributed by atoms with Gasteiger partial charge in [0.15, 0.2) is 0 Å². The third-order valence-electron chi connectivity index (χ3n) is 3.67. The molecular weight excluding hydrogens is 409 g/mol. The van der Waals surface area contributed by atoms with Crippen LogP contribution in [0.5, 0.6) is 0 Å². The van der Waals surface area contributed by atoms with E-state index in [1.165, 1.54) is 6.21 Å². The SMILES string of the molecule is Cc1cc(C)c(S(=O)(=O)NCC(=O)N/N=C\c2cccc(Cl)c2Cl)c(C)c1. The van der Waals surface area contributed by atoms with Crippen molar-refractivity contribution in [1.82, 2.24) is 10.1 Å². The zero-order valence-corrected chi connectivity index (χ0v) is 17.3. The van der Waals surface area contributed by atoms with Gasteiger partial charge in [0.2, 0.25) is 10.0 Å². The van der Waals surface area contributed by atoms with E-state index in [1.807, 2.05) is 6.92 Å². The van der Waals surface area contributed by atoms with Gasteiger partial charge in [0.1, 0.15) is 0 Å². The van der Waals surface area contributed by atoms with Crippen LogP contribution in [0.3, 0.4) is 0 Å². The molecule has 0 aliphatic heterocycles. The van der Waals surface area contributed by atoms with Gasteiger partial charge in [-0.05, 0) is 38.0 Å². The summed E-state index contributed by atoms with van der Waals surface area (Å²) >= 11 is 11.9. The summed E-state index contributed by atoms with van der Waals surface area (Å²) in [5.74, 6) is -0.615. The van der Waals surface area contributed by atoms with Gasteiger partial charge < -0.3 is 0 Å². The van der Waals surface area contributed by atoms with Crippen LogP contribution in [0, 0.1) is 20.8 Å². The number of hydrogen-bond acceptors (Lipinski definition) is 4. The summed E-state index contributed by atoms with van der Waals surface area (Å²) in [6.07, 6.45) is 1.33. The first kappa shape index (κ1) is 21.4. The molecule has 6 nitrogen and oxygen atoms in total. The van der Waals surface area contributed by atoms with Crippen molar-refractivity contribution < 1.29 is 13.2 Å². The molecule has 0 heterocycles. The number of carbonyl (C=O) groups is 1. The first-order valence-electron chi connectivity index (χ1n) is 7.95. The second kappa shape index (κ2) is 8.84. The van der Waals surface area contributed by atoms with Crippen LogP contribution in [-0.4, -0.2) is 27.1 Å². The molecule has 2 N–H and O–H groups in total. The number of amides is 1. The first-order valence-corrected chi connectivity index (χ1v) is 10.2. The number of nitrogens with zero attached hydrogens (tertiary/aromatic N) is 1. The summed E-state index contributed by atoms with van der Waals surface area (Å²) in [6, 6.07) is 8.55. The third kappa shape index (κ3) is 5.52. The minimum absolute atomic E-state index is 0.176. The Morgan fingerprint density at radius 2 is 1.78 bits per heavy atom. The van der Waals surface area contributed by atoms with E-state index >= 15 is 0 Å². The van der Waals surface area contributed by atoms with Gasteiger partial charge in [-0.2, -0.15) is 5.10 Å². The van der Waals surface area contributed by atoms with Crippen LogP contribution in [0.1, 0.15) is 22.3 Å². The van der Waals surface area contributed by atoms with Crippen LogP contribution in [0.4, 0.5) is 0 Å². The fourth-order valence-corrected chi connectivity index (χ4v) is 4.44. The summed E-state index contributed by atoms with van der Waals surface area (Å²) in [4.78, 5) is 12.1. The topological polar surface area (TPSA) is 87.6 Å². The zero-order chi connectivity index (χ0) is 20.2. The number of nitrogens with one attached hydrogen (secondary N) is 2. The van der Waals surface area contributed by atoms with E-state index in [-0.39, 0.29) is 4.90 Å². The standard InChI is InChI=1S/C18H19Cl2N3O3S/c1-11-7-12(2)18(13(3)8-11)27(25,26)22-10-16(24)23-21-9-14-5-4-6-15(19)17(14)20/h4-9,22H,10H2,1-3H3,(H,23,24)/b21-9-. The van der Waals surface area contributed by atoms with Crippen LogP contribution in [0.2, 0.25) is 10.0 Å². The van der Waals surface area contributed by atoms with Crippen LogP contribution in [0.15, 0.2) is 40.3 Å². The molecule has 2 aromatic rings. The Morgan fingerprint density at radius 3 is 2.41 bits per heavy atom. The number of rotatable bonds is 6. The molecule has 9 heteroatoms. The lowest BCUT2D eigenvalue weighted by molar-refractivity contribution is -0.119. The zero-order valence-electron chi connectivity index (χ0n) is 15.0. The van der Waals surface area contributed by atoms with Gasteiger partial charge >= 0.3 is 0 Å². The molecule has 0 radical (unpaired) electrons. The molecule has 144 valence electrons. The molecule has 0 aliphatic rings. The number of carbonyl (C=O) groups excluding carboxylic acids is 1. The molecule has 27 heavy (non-hydrogen) atoms. The van der Waals surface area contributed by atoms with E-state index in [9.17, 15) is 13.2 Å². The maximum atomic E-state index is 12.5. The number of hydrazone groups is 1. The number of benzene rings is 2. The predicted molar refractivity (Wildman–Crippen MR) is 108 cm³/mol. The molecule has 0 aromatic heterocycles. The lowest BCUT2D eigenvalue weighted by Gasteiger charge is -2.12. The van der Waals surface area contributed by atoms with E-state index in [2.05, 4.69) is 15.2 Å². The average molecular weight is 428 g/mol. The Hall–Kier alpha value is -1.93. The Bertz CT molecular complexity index is 982. The largest absolute Gasteiger partial charge is 0.272 e. The average Bonchev–Trinajstić information content (AvgIpc) is 2.55. The smallest absolute Gasteiger partial charge is 0.255 e. The second-order valence-corrected chi connectivity index (χ2v) is 8.48. The van der Waals surface area contributed by atoms with Crippen molar-refractivity contribution in [3.8, 4) is 0 Å². The Morgan fingerprint density at radius 1 is 1.15 bits per heavy atom. The first-order chi connectivity index (χ1) is 12.6. The van der Waals surface area contributed by atoms with Crippen molar-refractivity contribution in [2.75, 3.05) is 6.54 Å². The maximum Gasteiger partial charge on any atom is 0.255 e. The van der Waals surface area contributed by atoms with Crippen LogP contribution in [-0.2, 0) is 14.8 Å². The minimum Gasteiger partial charge on any atom is -0.272 e. The van der Waals surface area contributed by atoms with E-state index in [1.54, 1.807) is 44.2 Å². The molecule has 0 aliphatic carbocycles. The third-order valence-corrected chi connectivity index (χ3v) is 6.21. The van der Waals surface area contributed by atoms with Crippen LogP contribution in [0.25, 0.3) is 0 Å². The number of halogens is 2. The van der Waals surface area contributed by atoms with Crippen LogP contribution < -0.4 is 10.1 Å². The van der Waals surface area contributed by atoms with Crippen molar-refractivity contribution >= 4 is 45.3 Å². The highest BCUT2D eigenvalue weighted by molar-refractivity contribution is 7.89. The van der Waals surface area contributed by atoms with Gasteiger partial charge in [-0.15, -0.1) is 0 Å². The molecule has 0 saturated carbocycles. The van der Waals surface area contributed by atoms with Gasteiger partial charge in [0.25, 0.3) is 5.91 Å². The van der Waals surface area contributed by atoms with E-state index < -0.39 is 22.5 Å². The van der Waals surface area contributed by atoms with Crippen molar-refractivity contribution in [3.63, 3.8) is 0 Å². The minimum atomic E-state index is -3.82. The number of aryl methyl sites for hydroxylation is 3. The molecule has 0 atom stereocenters. The molecule has 0 unspecified atom stereocenters. The molecule has 1 amide bonds. The molecule has 2 aromatic carbocycles. The van der Waals surface area contributed by atoms with Gasteiger partial charge in [-0.25, -0.2) is 18.6 Å². The molecule has 0 bridgehead atoms.